The van der Waals surface area contributed by atoms with Crippen LogP contribution in [-0.2, 0) is 0 Å². The molecule has 0 N–H and O–H groups in total. The molecule has 2 aliphatic carbocycles. The molecule has 0 aromatic heterocycles. The monoisotopic (exact) mass is 380 g/mol. The van der Waals surface area contributed by atoms with Crippen molar-refractivity contribution in [3.8, 4) is 0 Å². The zero-order valence-electron chi connectivity index (χ0n) is 16.6. The largest absolute Gasteiger partial charge is 0.204 e. The van der Waals surface area contributed by atoms with E-state index < -0.39 is 17.5 Å². The molecule has 1 aromatic rings. The summed E-state index contributed by atoms with van der Waals surface area (Å²) >= 11 is 0. The summed E-state index contributed by atoms with van der Waals surface area (Å²) in [5, 5.41) is 0. The second kappa shape index (κ2) is 10.5. The van der Waals surface area contributed by atoms with Crippen LogP contribution in [0.1, 0.15) is 108 Å². The second-order valence-electron chi connectivity index (χ2n) is 9.01. The third kappa shape index (κ3) is 6.26. The maximum absolute atomic E-state index is 13.4. The first-order valence-corrected chi connectivity index (χ1v) is 11.3. The summed E-state index contributed by atoms with van der Waals surface area (Å²) in [5.41, 5.74) is 0.632. The fourth-order valence-electron chi connectivity index (χ4n) is 5.29. The zero-order valence-corrected chi connectivity index (χ0v) is 16.6. The molecule has 152 valence electrons. The van der Waals surface area contributed by atoms with Crippen molar-refractivity contribution in [2.75, 3.05) is 0 Å². The minimum atomic E-state index is -1.35. The lowest BCUT2D eigenvalue weighted by Crippen LogP contribution is -2.14. The van der Waals surface area contributed by atoms with Gasteiger partial charge in [0.1, 0.15) is 0 Å². The Hall–Kier alpha value is -0.990. The Bertz CT molecular complexity index is 546. The summed E-state index contributed by atoms with van der Waals surface area (Å²) in [6, 6.07) is 2.38. The molecule has 3 heteroatoms. The Kier molecular flexibility index (Phi) is 8.08. The summed E-state index contributed by atoms with van der Waals surface area (Å²) in [6.07, 6.45) is 19.7. The molecule has 0 amide bonds. The molecule has 0 saturated heterocycles. The Morgan fingerprint density at radius 1 is 0.630 bits per heavy atom. The van der Waals surface area contributed by atoms with E-state index in [1.807, 2.05) is 0 Å². The van der Waals surface area contributed by atoms with Crippen LogP contribution in [0.2, 0.25) is 0 Å². The van der Waals surface area contributed by atoms with E-state index in [0.29, 0.717) is 5.56 Å². The molecular formula is C24H35F3. The van der Waals surface area contributed by atoms with E-state index in [4.69, 9.17) is 0 Å². The molecule has 2 saturated carbocycles. The van der Waals surface area contributed by atoms with E-state index in [2.05, 4.69) is 0 Å². The van der Waals surface area contributed by atoms with Gasteiger partial charge in [0.2, 0.25) is 0 Å². The van der Waals surface area contributed by atoms with Gasteiger partial charge in [0, 0.05) is 0 Å². The number of halogens is 3. The topological polar surface area (TPSA) is 0 Å². The first-order chi connectivity index (χ1) is 13.1. The van der Waals surface area contributed by atoms with Crippen LogP contribution >= 0.6 is 0 Å². The summed E-state index contributed by atoms with van der Waals surface area (Å²) in [5.74, 6) is -1.49. The van der Waals surface area contributed by atoms with Gasteiger partial charge in [-0.15, -0.1) is 0 Å². The molecule has 2 fully saturated rings. The highest BCUT2D eigenvalue weighted by atomic mass is 19.2. The lowest BCUT2D eigenvalue weighted by atomic mass is 9.77. The predicted octanol–water partition coefficient (Wildman–Crippen LogP) is 8.30. The van der Waals surface area contributed by atoms with Crippen molar-refractivity contribution in [3.05, 3.63) is 35.1 Å². The van der Waals surface area contributed by atoms with E-state index in [-0.39, 0.29) is 5.92 Å². The van der Waals surface area contributed by atoms with E-state index in [1.165, 1.54) is 82.8 Å². The van der Waals surface area contributed by atoms with Gasteiger partial charge in [0.05, 0.1) is 0 Å². The normalized spacial score (nSPS) is 23.8. The zero-order chi connectivity index (χ0) is 19.1. The highest BCUT2D eigenvalue weighted by Gasteiger charge is 2.24. The lowest BCUT2D eigenvalue weighted by molar-refractivity contribution is 0.300. The van der Waals surface area contributed by atoms with Crippen molar-refractivity contribution in [3.63, 3.8) is 0 Å². The van der Waals surface area contributed by atoms with Crippen LogP contribution in [0.4, 0.5) is 13.2 Å². The van der Waals surface area contributed by atoms with Gasteiger partial charge in [-0.3, -0.25) is 0 Å². The second-order valence-corrected chi connectivity index (χ2v) is 9.01. The molecule has 0 nitrogen and oxygen atoms in total. The van der Waals surface area contributed by atoms with Gasteiger partial charge in [-0.25, -0.2) is 13.2 Å². The molecule has 0 bridgehead atoms. The van der Waals surface area contributed by atoms with Crippen LogP contribution in [-0.4, -0.2) is 0 Å². The molecule has 0 aliphatic heterocycles. The predicted molar refractivity (Wildman–Crippen MR) is 105 cm³/mol. The lowest BCUT2D eigenvalue weighted by Gasteiger charge is -2.29. The Morgan fingerprint density at radius 3 is 1.67 bits per heavy atom. The first kappa shape index (κ1) is 20.7. The van der Waals surface area contributed by atoms with E-state index >= 15 is 0 Å². The van der Waals surface area contributed by atoms with Crippen LogP contribution in [0.3, 0.4) is 0 Å². The Morgan fingerprint density at radius 2 is 1.11 bits per heavy atom. The number of rotatable bonds is 9. The molecule has 0 heterocycles. The quantitative estimate of drug-likeness (QED) is 0.298. The van der Waals surface area contributed by atoms with Gasteiger partial charge < -0.3 is 0 Å². The molecule has 1 aromatic carbocycles. The van der Waals surface area contributed by atoms with Gasteiger partial charge in [-0.2, -0.15) is 0 Å². The highest BCUT2D eigenvalue weighted by Crippen LogP contribution is 2.38. The third-order valence-corrected chi connectivity index (χ3v) is 7.02. The van der Waals surface area contributed by atoms with Gasteiger partial charge in [-0.05, 0) is 61.1 Å². The number of hydrogen-bond acceptors (Lipinski definition) is 0. The Balaban J connectivity index is 1.26. The maximum Gasteiger partial charge on any atom is 0.194 e. The van der Waals surface area contributed by atoms with Crippen LogP contribution in [0.25, 0.3) is 0 Å². The molecule has 2 aliphatic rings. The van der Waals surface area contributed by atoms with Crippen LogP contribution in [0, 0.1) is 29.3 Å². The molecular weight excluding hydrogens is 345 g/mol. The highest BCUT2D eigenvalue weighted by molar-refractivity contribution is 5.23. The van der Waals surface area contributed by atoms with Gasteiger partial charge in [0.25, 0.3) is 0 Å². The van der Waals surface area contributed by atoms with Crippen molar-refractivity contribution >= 4 is 0 Å². The third-order valence-electron chi connectivity index (χ3n) is 7.02. The average molecular weight is 381 g/mol. The van der Waals surface area contributed by atoms with E-state index in [9.17, 15) is 13.2 Å². The van der Waals surface area contributed by atoms with Crippen LogP contribution in [0.5, 0.6) is 0 Å². The molecule has 0 spiro atoms. The molecule has 0 radical (unpaired) electrons. The minimum absolute atomic E-state index is 0.182. The standard InChI is InChI=1S/C24H35F3/c25-22-16-21(17-23(26)24(22)27)20-14-12-19(13-15-20)9-5-3-1-2-4-8-18-10-6-7-11-18/h16-20H,1-15H2/t19-,20-. The van der Waals surface area contributed by atoms with Crippen molar-refractivity contribution in [1.82, 2.24) is 0 Å². The fraction of sp³-hybridized carbons (Fsp3) is 0.750. The summed E-state index contributed by atoms with van der Waals surface area (Å²) in [6.45, 7) is 0. The van der Waals surface area contributed by atoms with E-state index in [1.54, 1.807) is 0 Å². The number of benzene rings is 1. The smallest absolute Gasteiger partial charge is 0.194 e. The summed E-state index contributed by atoms with van der Waals surface area (Å²) < 4.78 is 40.0. The fourth-order valence-corrected chi connectivity index (χ4v) is 5.29. The number of unbranched alkanes of at least 4 members (excludes halogenated alkanes) is 4. The van der Waals surface area contributed by atoms with Gasteiger partial charge >= 0.3 is 0 Å². The van der Waals surface area contributed by atoms with Crippen molar-refractivity contribution in [2.45, 2.75) is 102 Å². The van der Waals surface area contributed by atoms with Crippen molar-refractivity contribution in [1.29, 1.82) is 0 Å². The van der Waals surface area contributed by atoms with Crippen molar-refractivity contribution < 1.29 is 13.2 Å². The van der Waals surface area contributed by atoms with Crippen molar-refractivity contribution in [2.24, 2.45) is 11.8 Å². The molecule has 3 rings (SSSR count). The summed E-state index contributed by atoms with van der Waals surface area (Å²) in [4.78, 5) is 0. The molecule has 0 atom stereocenters. The van der Waals surface area contributed by atoms with Crippen LogP contribution < -0.4 is 0 Å². The molecule has 0 unspecified atom stereocenters. The van der Waals surface area contributed by atoms with Crippen LogP contribution in [0.15, 0.2) is 12.1 Å². The van der Waals surface area contributed by atoms with Gasteiger partial charge in [0.15, 0.2) is 17.5 Å². The number of hydrogen-bond donors (Lipinski definition) is 0. The van der Waals surface area contributed by atoms with E-state index in [0.717, 1.165) is 37.5 Å². The SMILES string of the molecule is Fc1cc([C@H]2CC[C@H](CCCCCCCC3CCCC3)CC2)cc(F)c1F. The van der Waals surface area contributed by atoms with Gasteiger partial charge in [-0.1, -0.05) is 70.6 Å². The minimum Gasteiger partial charge on any atom is -0.204 e. The summed E-state index contributed by atoms with van der Waals surface area (Å²) in [7, 11) is 0. The maximum atomic E-state index is 13.4. The average Bonchev–Trinajstić information content (AvgIpc) is 3.19. The molecule has 27 heavy (non-hydrogen) atoms. The Labute approximate surface area is 162 Å². The first-order valence-electron chi connectivity index (χ1n) is 11.3.